The normalized spacial score (nSPS) is 15.5. The summed E-state index contributed by atoms with van der Waals surface area (Å²) < 4.78 is 5.66. The summed E-state index contributed by atoms with van der Waals surface area (Å²) in [6.07, 6.45) is 0. The van der Waals surface area contributed by atoms with Crippen molar-refractivity contribution >= 4 is 27.5 Å². The second-order valence-corrected chi connectivity index (χ2v) is 4.96. The molecular formula is C14H19BrN2O2. The molecule has 5 heteroatoms. The van der Waals surface area contributed by atoms with Crippen molar-refractivity contribution in [2.75, 3.05) is 43.0 Å². The Morgan fingerprint density at radius 2 is 1.95 bits per heavy atom. The largest absolute Gasteiger partial charge is 0.492 e. The van der Waals surface area contributed by atoms with Gasteiger partial charge in [-0.2, -0.15) is 0 Å². The fourth-order valence-electron chi connectivity index (χ4n) is 2.28. The molecule has 1 amide bonds. The van der Waals surface area contributed by atoms with E-state index in [1.54, 1.807) is 0 Å². The van der Waals surface area contributed by atoms with Gasteiger partial charge in [0.25, 0.3) is 0 Å². The number of ether oxygens (including phenoxy) is 1. The van der Waals surface area contributed by atoms with E-state index in [0.29, 0.717) is 11.9 Å². The molecule has 0 aromatic heterocycles. The monoisotopic (exact) mass is 326 g/mol. The van der Waals surface area contributed by atoms with Gasteiger partial charge < -0.3 is 14.5 Å². The number of hydrogen-bond acceptors (Lipinski definition) is 3. The Balaban J connectivity index is 2.03. The summed E-state index contributed by atoms with van der Waals surface area (Å²) in [6, 6.07) is 8.08. The van der Waals surface area contributed by atoms with E-state index < -0.39 is 0 Å². The van der Waals surface area contributed by atoms with E-state index in [4.69, 9.17) is 4.74 Å². The van der Waals surface area contributed by atoms with Crippen molar-refractivity contribution in [2.45, 2.75) is 6.92 Å². The Kier molecular flexibility index (Phi) is 5.07. The molecule has 0 spiro atoms. The van der Waals surface area contributed by atoms with E-state index >= 15 is 0 Å². The van der Waals surface area contributed by atoms with Crippen LogP contribution < -0.4 is 9.64 Å². The Morgan fingerprint density at radius 1 is 1.26 bits per heavy atom. The summed E-state index contributed by atoms with van der Waals surface area (Å²) in [5.41, 5.74) is 1.12. The van der Waals surface area contributed by atoms with Crippen LogP contribution >= 0.6 is 15.9 Å². The number of carbonyl (C=O) groups excluding carboxylic acids is 1. The molecule has 1 saturated heterocycles. The number of alkyl halides is 1. The number of hydrogen-bond donors (Lipinski definition) is 0. The maximum absolute atomic E-state index is 11.6. The van der Waals surface area contributed by atoms with Crippen molar-refractivity contribution in [3.8, 4) is 5.75 Å². The third-order valence-corrected chi connectivity index (χ3v) is 3.73. The minimum atomic E-state index is 0.165. The Labute approximate surface area is 122 Å². The molecule has 4 nitrogen and oxygen atoms in total. The van der Waals surface area contributed by atoms with E-state index in [-0.39, 0.29) is 5.91 Å². The van der Waals surface area contributed by atoms with Gasteiger partial charge in [0.1, 0.15) is 5.75 Å². The molecule has 19 heavy (non-hydrogen) atoms. The molecule has 0 radical (unpaired) electrons. The lowest BCUT2D eigenvalue weighted by atomic mass is 10.2. The number of carbonyl (C=O) groups is 1. The molecule has 1 aliphatic heterocycles. The third-order valence-electron chi connectivity index (χ3n) is 3.25. The van der Waals surface area contributed by atoms with E-state index in [2.05, 4.69) is 26.9 Å². The first-order chi connectivity index (χ1) is 9.26. The number of halogens is 1. The van der Waals surface area contributed by atoms with Crippen LogP contribution in [0, 0.1) is 0 Å². The molecule has 0 atom stereocenters. The van der Waals surface area contributed by atoms with Crippen LogP contribution in [0.3, 0.4) is 0 Å². The molecule has 0 bridgehead atoms. The van der Waals surface area contributed by atoms with Gasteiger partial charge in [0.2, 0.25) is 5.91 Å². The number of nitrogens with zero attached hydrogens (tertiary/aromatic N) is 2. The Morgan fingerprint density at radius 3 is 2.58 bits per heavy atom. The van der Waals surface area contributed by atoms with Crippen molar-refractivity contribution in [3.05, 3.63) is 24.3 Å². The molecule has 104 valence electrons. The lowest BCUT2D eigenvalue weighted by Gasteiger charge is -2.36. The lowest BCUT2D eigenvalue weighted by Crippen LogP contribution is -2.49. The van der Waals surface area contributed by atoms with Crippen molar-refractivity contribution in [3.63, 3.8) is 0 Å². The van der Waals surface area contributed by atoms with Gasteiger partial charge in [0.15, 0.2) is 0 Å². The van der Waals surface area contributed by atoms with Crippen molar-refractivity contribution in [1.82, 2.24) is 4.90 Å². The van der Waals surface area contributed by atoms with Crippen LogP contribution in [0.15, 0.2) is 24.3 Å². The molecule has 1 aliphatic rings. The summed E-state index contributed by atoms with van der Waals surface area (Å²) in [5, 5.41) is 0.405. The van der Waals surface area contributed by atoms with Crippen LogP contribution in [0.5, 0.6) is 5.75 Å². The number of anilines is 1. The van der Waals surface area contributed by atoms with Gasteiger partial charge in [-0.05, 0) is 19.1 Å². The molecule has 0 aliphatic carbocycles. The zero-order valence-electron chi connectivity index (χ0n) is 11.1. The van der Waals surface area contributed by atoms with E-state index in [1.165, 1.54) is 0 Å². The van der Waals surface area contributed by atoms with Gasteiger partial charge in [-0.25, -0.2) is 0 Å². The zero-order chi connectivity index (χ0) is 13.7. The highest BCUT2D eigenvalue weighted by atomic mass is 79.9. The van der Waals surface area contributed by atoms with Crippen molar-refractivity contribution in [1.29, 1.82) is 0 Å². The van der Waals surface area contributed by atoms with Crippen molar-refractivity contribution in [2.24, 2.45) is 0 Å². The topological polar surface area (TPSA) is 32.8 Å². The summed E-state index contributed by atoms with van der Waals surface area (Å²) in [4.78, 5) is 15.8. The standard InChI is InChI=1S/C14H19BrN2O2/c1-2-19-13-6-4-3-5-12(13)16-7-9-17(10-8-16)14(18)11-15/h3-6H,2,7-11H2,1H3. The molecule has 0 N–H and O–H groups in total. The maximum atomic E-state index is 11.6. The molecule has 1 aromatic carbocycles. The van der Waals surface area contributed by atoms with Gasteiger partial charge in [-0.1, -0.05) is 28.1 Å². The van der Waals surface area contributed by atoms with E-state index in [1.807, 2.05) is 30.0 Å². The number of rotatable bonds is 4. The van der Waals surface area contributed by atoms with Crippen LogP contribution in [0.4, 0.5) is 5.69 Å². The summed E-state index contributed by atoms with van der Waals surface area (Å²) in [6.45, 7) is 5.89. The average molecular weight is 327 g/mol. The minimum Gasteiger partial charge on any atom is -0.492 e. The summed E-state index contributed by atoms with van der Waals surface area (Å²) >= 11 is 3.22. The Bertz CT molecular complexity index is 431. The molecule has 1 aromatic rings. The molecule has 2 rings (SSSR count). The van der Waals surface area contributed by atoms with Crippen LogP contribution in [0.25, 0.3) is 0 Å². The number of amides is 1. The molecule has 1 fully saturated rings. The fraction of sp³-hybridized carbons (Fsp3) is 0.500. The minimum absolute atomic E-state index is 0.165. The third kappa shape index (κ3) is 3.41. The van der Waals surface area contributed by atoms with Crippen LogP contribution in [0.1, 0.15) is 6.92 Å². The first-order valence-electron chi connectivity index (χ1n) is 6.56. The lowest BCUT2D eigenvalue weighted by molar-refractivity contribution is -0.128. The average Bonchev–Trinajstić information content (AvgIpc) is 2.47. The second kappa shape index (κ2) is 6.80. The van der Waals surface area contributed by atoms with Gasteiger partial charge in [-0.3, -0.25) is 4.79 Å². The van der Waals surface area contributed by atoms with Gasteiger partial charge in [0.05, 0.1) is 17.6 Å². The zero-order valence-corrected chi connectivity index (χ0v) is 12.7. The molecular weight excluding hydrogens is 308 g/mol. The van der Waals surface area contributed by atoms with Gasteiger partial charge in [-0.15, -0.1) is 0 Å². The quantitative estimate of drug-likeness (QED) is 0.795. The number of piperazine rings is 1. The summed E-state index contributed by atoms with van der Waals surface area (Å²) in [7, 11) is 0. The second-order valence-electron chi connectivity index (χ2n) is 4.40. The summed E-state index contributed by atoms with van der Waals surface area (Å²) in [5.74, 6) is 1.09. The van der Waals surface area contributed by atoms with Crippen molar-refractivity contribution < 1.29 is 9.53 Å². The molecule has 0 unspecified atom stereocenters. The van der Waals surface area contributed by atoms with Crippen LogP contribution in [-0.2, 0) is 4.79 Å². The molecule has 0 saturated carbocycles. The highest BCUT2D eigenvalue weighted by Gasteiger charge is 2.21. The first-order valence-corrected chi connectivity index (χ1v) is 7.69. The van der Waals surface area contributed by atoms with Gasteiger partial charge in [0, 0.05) is 26.2 Å². The maximum Gasteiger partial charge on any atom is 0.233 e. The van der Waals surface area contributed by atoms with Crippen LogP contribution in [-0.4, -0.2) is 48.9 Å². The van der Waals surface area contributed by atoms with E-state index in [0.717, 1.165) is 37.6 Å². The fourth-order valence-corrected chi connectivity index (χ4v) is 2.63. The smallest absolute Gasteiger partial charge is 0.233 e. The van der Waals surface area contributed by atoms with Gasteiger partial charge >= 0.3 is 0 Å². The Hall–Kier alpha value is -1.23. The number of para-hydroxylation sites is 2. The molecule has 1 heterocycles. The van der Waals surface area contributed by atoms with Crippen LogP contribution in [0.2, 0.25) is 0 Å². The predicted molar refractivity (Wildman–Crippen MR) is 80.2 cm³/mol. The predicted octanol–water partition coefficient (Wildman–Crippen LogP) is 2.13. The SMILES string of the molecule is CCOc1ccccc1N1CCN(C(=O)CBr)CC1. The highest BCUT2D eigenvalue weighted by molar-refractivity contribution is 9.09. The van der Waals surface area contributed by atoms with E-state index in [9.17, 15) is 4.79 Å². The number of benzene rings is 1. The highest BCUT2D eigenvalue weighted by Crippen LogP contribution is 2.28. The first kappa shape index (κ1) is 14.2.